The molecule has 1 aromatic carbocycles. The molecular weight excluding hydrogens is 374 g/mol. The van der Waals surface area contributed by atoms with Gasteiger partial charge in [-0.3, -0.25) is 14.5 Å². The van der Waals surface area contributed by atoms with E-state index >= 15 is 0 Å². The fourth-order valence-corrected chi connectivity index (χ4v) is 4.26. The summed E-state index contributed by atoms with van der Waals surface area (Å²) in [6.07, 6.45) is 0.792. The number of carbonyl (C=O) groups excluding carboxylic acids is 2. The Kier molecular flexibility index (Phi) is 5.53. The Balaban J connectivity index is 2.05. The highest BCUT2D eigenvalue weighted by molar-refractivity contribution is 5.93. The highest BCUT2D eigenvalue weighted by atomic mass is 19.1. The van der Waals surface area contributed by atoms with Crippen molar-refractivity contribution in [3.05, 3.63) is 35.4 Å². The Bertz CT molecular complexity index is 774. The first kappa shape index (κ1) is 20.0. The smallest absolute Gasteiger partial charge is 0.408 e. The molecular formula is C19H22F2N2O5. The van der Waals surface area contributed by atoms with Gasteiger partial charge in [0.15, 0.2) is 0 Å². The molecule has 1 saturated heterocycles. The molecule has 1 heterocycles. The van der Waals surface area contributed by atoms with Gasteiger partial charge in [0.25, 0.3) is 0 Å². The number of carboxylic acid groups (broad SMARTS) is 1. The standard InChI is InChI=1S/C19H22F2N2O5/c1-2-28-16(24)11-22-15(12-7-13(20)9-14(21)8-12)10-23(18(26)27)19(17(22)25)5-3-4-6-19/h7-9,15H,2-6,10-11H2,1H3,(H,26,27)/t15-/m0/s1. The van der Waals surface area contributed by atoms with Gasteiger partial charge in [0.05, 0.1) is 12.6 Å². The summed E-state index contributed by atoms with van der Waals surface area (Å²) < 4.78 is 32.5. The van der Waals surface area contributed by atoms with E-state index in [0.29, 0.717) is 31.7 Å². The van der Waals surface area contributed by atoms with E-state index in [1.54, 1.807) is 6.92 Å². The molecule has 152 valence electrons. The Labute approximate surface area is 160 Å². The lowest BCUT2D eigenvalue weighted by Gasteiger charge is -2.50. The van der Waals surface area contributed by atoms with E-state index in [-0.39, 0.29) is 18.7 Å². The summed E-state index contributed by atoms with van der Waals surface area (Å²) in [5, 5.41) is 9.72. The maximum atomic E-state index is 13.8. The minimum Gasteiger partial charge on any atom is -0.465 e. The van der Waals surface area contributed by atoms with E-state index in [2.05, 4.69) is 0 Å². The first-order valence-corrected chi connectivity index (χ1v) is 9.21. The second kappa shape index (κ2) is 7.73. The van der Waals surface area contributed by atoms with Gasteiger partial charge in [-0.1, -0.05) is 12.8 Å². The summed E-state index contributed by atoms with van der Waals surface area (Å²) in [7, 11) is 0. The van der Waals surface area contributed by atoms with Gasteiger partial charge < -0.3 is 14.7 Å². The number of nitrogens with zero attached hydrogens (tertiary/aromatic N) is 2. The highest BCUT2D eigenvalue weighted by Gasteiger charge is 2.56. The molecule has 2 amide bonds. The van der Waals surface area contributed by atoms with Crippen LogP contribution in [0.1, 0.15) is 44.2 Å². The molecule has 1 aromatic rings. The van der Waals surface area contributed by atoms with Crippen molar-refractivity contribution in [3.63, 3.8) is 0 Å². The van der Waals surface area contributed by atoms with Crippen molar-refractivity contribution in [2.75, 3.05) is 19.7 Å². The number of esters is 1. The number of piperazine rings is 1. The fraction of sp³-hybridized carbons (Fsp3) is 0.526. The van der Waals surface area contributed by atoms with Crippen LogP contribution in [0.5, 0.6) is 0 Å². The molecule has 28 heavy (non-hydrogen) atoms. The molecule has 1 saturated carbocycles. The van der Waals surface area contributed by atoms with Crippen molar-refractivity contribution in [2.45, 2.75) is 44.2 Å². The molecule has 2 aliphatic rings. The predicted octanol–water partition coefficient (Wildman–Crippen LogP) is 2.70. The third-order valence-electron chi connectivity index (χ3n) is 5.44. The van der Waals surface area contributed by atoms with Crippen molar-refractivity contribution in [1.82, 2.24) is 9.80 Å². The summed E-state index contributed by atoms with van der Waals surface area (Å²) in [4.78, 5) is 39.7. The third-order valence-corrected chi connectivity index (χ3v) is 5.44. The van der Waals surface area contributed by atoms with E-state index in [0.717, 1.165) is 17.0 Å². The first-order valence-electron chi connectivity index (χ1n) is 9.21. The van der Waals surface area contributed by atoms with E-state index in [1.165, 1.54) is 4.90 Å². The van der Waals surface area contributed by atoms with Crippen molar-refractivity contribution in [2.24, 2.45) is 0 Å². The molecule has 2 fully saturated rings. The zero-order valence-electron chi connectivity index (χ0n) is 15.5. The van der Waals surface area contributed by atoms with Crippen LogP contribution in [-0.4, -0.2) is 58.1 Å². The number of rotatable bonds is 4. The van der Waals surface area contributed by atoms with Crippen LogP contribution in [0.2, 0.25) is 0 Å². The van der Waals surface area contributed by atoms with Crippen LogP contribution in [0, 0.1) is 11.6 Å². The van der Waals surface area contributed by atoms with Gasteiger partial charge in [0.2, 0.25) is 5.91 Å². The SMILES string of the molecule is CCOC(=O)CN1C(=O)C2(CCCC2)N(C(=O)O)C[C@H]1c1cc(F)cc(F)c1. The van der Waals surface area contributed by atoms with E-state index in [1.807, 2.05) is 0 Å². The zero-order valence-corrected chi connectivity index (χ0v) is 15.5. The molecule has 1 aliphatic carbocycles. The van der Waals surface area contributed by atoms with Crippen LogP contribution in [0.4, 0.5) is 13.6 Å². The molecule has 1 spiro atoms. The van der Waals surface area contributed by atoms with E-state index < -0.39 is 47.7 Å². The maximum Gasteiger partial charge on any atom is 0.408 e. The van der Waals surface area contributed by atoms with Crippen molar-refractivity contribution < 1.29 is 33.0 Å². The molecule has 0 unspecified atom stereocenters. The number of hydrogen-bond donors (Lipinski definition) is 1. The van der Waals surface area contributed by atoms with Crippen molar-refractivity contribution in [1.29, 1.82) is 0 Å². The van der Waals surface area contributed by atoms with Crippen LogP contribution in [0.15, 0.2) is 18.2 Å². The molecule has 0 radical (unpaired) electrons. The monoisotopic (exact) mass is 396 g/mol. The Morgan fingerprint density at radius 2 is 1.82 bits per heavy atom. The first-order chi connectivity index (χ1) is 13.3. The summed E-state index contributed by atoms with van der Waals surface area (Å²) in [6.45, 7) is 1.15. The summed E-state index contributed by atoms with van der Waals surface area (Å²) in [6, 6.07) is 1.79. The van der Waals surface area contributed by atoms with Crippen LogP contribution >= 0.6 is 0 Å². The number of amides is 2. The van der Waals surface area contributed by atoms with Gasteiger partial charge in [-0.25, -0.2) is 13.6 Å². The van der Waals surface area contributed by atoms with Crippen LogP contribution < -0.4 is 0 Å². The number of ether oxygens (including phenoxy) is 1. The molecule has 3 rings (SSSR count). The largest absolute Gasteiger partial charge is 0.465 e. The molecule has 7 nitrogen and oxygen atoms in total. The fourth-order valence-electron chi connectivity index (χ4n) is 4.26. The zero-order chi connectivity index (χ0) is 20.5. The minimum atomic E-state index is -1.27. The molecule has 1 aliphatic heterocycles. The predicted molar refractivity (Wildman–Crippen MR) is 93.4 cm³/mol. The Hall–Kier alpha value is -2.71. The highest BCUT2D eigenvalue weighted by Crippen LogP contribution is 2.43. The quantitative estimate of drug-likeness (QED) is 0.791. The second-order valence-corrected chi connectivity index (χ2v) is 7.09. The van der Waals surface area contributed by atoms with Gasteiger partial charge in [-0.2, -0.15) is 0 Å². The van der Waals surface area contributed by atoms with Crippen molar-refractivity contribution >= 4 is 18.0 Å². The number of hydrogen-bond acceptors (Lipinski definition) is 4. The lowest BCUT2D eigenvalue weighted by Crippen LogP contribution is -2.67. The minimum absolute atomic E-state index is 0.0919. The third kappa shape index (κ3) is 3.53. The summed E-state index contributed by atoms with van der Waals surface area (Å²) in [5.74, 6) is -2.88. The molecule has 1 atom stereocenters. The summed E-state index contributed by atoms with van der Waals surface area (Å²) in [5.41, 5.74) is -1.16. The van der Waals surface area contributed by atoms with Crippen LogP contribution in [0.3, 0.4) is 0 Å². The molecule has 0 bridgehead atoms. The molecule has 0 aromatic heterocycles. The van der Waals surface area contributed by atoms with E-state index in [4.69, 9.17) is 4.74 Å². The molecule has 9 heteroatoms. The van der Waals surface area contributed by atoms with Crippen LogP contribution in [0.25, 0.3) is 0 Å². The van der Waals surface area contributed by atoms with Gasteiger partial charge in [0, 0.05) is 12.6 Å². The summed E-state index contributed by atoms with van der Waals surface area (Å²) >= 11 is 0. The number of halogens is 2. The normalized spacial score (nSPS) is 21.2. The van der Waals surface area contributed by atoms with Gasteiger partial charge in [-0.05, 0) is 37.5 Å². The second-order valence-electron chi connectivity index (χ2n) is 7.09. The number of carbonyl (C=O) groups is 3. The Morgan fingerprint density at radius 1 is 1.21 bits per heavy atom. The molecule has 1 N–H and O–H groups in total. The average molecular weight is 396 g/mol. The Morgan fingerprint density at radius 3 is 2.36 bits per heavy atom. The average Bonchev–Trinajstić information content (AvgIpc) is 3.09. The van der Waals surface area contributed by atoms with Crippen LogP contribution in [-0.2, 0) is 14.3 Å². The van der Waals surface area contributed by atoms with Gasteiger partial charge in [0.1, 0.15) is 23.7 Å². The maximum absolute atomic E-state index is 13.8. The van der Waals surface area contributed by atoms with Crippen molar-refractivity contribution in [3.8, 4) is 0 Å². The van der Waals surface area contributed by atoms with Gasteiger partial charge >= 0.3 is 12.1 Å². The van der Waals surface area contributed by atoms with Gasteiger partial charge in [-0.15, -0.1) is 0 Å². The topological polar surface area (TPSA) is 87.2 Å². The lowest BCUT2D eigenvalue weighted by molar-refractivity contribution is -0.162. The van der Waals surface area contributed by atoms with E-state index in [9.17, 15) is 28.3 Å². The number of benzene rings is 1. The lowest BCUT2D eigenvalue weighted by atomic mass is 9.87.